The Kier molecular flexibility index (Phi) is 3.42. The van der Waals surface area contributed by atoms with Gasteiger partial charge in [0.1, 0.15) is 9.20 Å². The third kappa shape index (κ3) is 2.33. The highest BCUT2D eigenvalue weighted by atomic mass is 32.1. The summed E-state index contributed by atoms with van der Waals surface area (Å²) in [6.07, 6.45) is 2.36. The molecule has 0 aliphatic rings. The smallest absolute Gasteiger partial charge is 0.332 e. The molecule has 1 rings (SSSR count). The average molecular weight is 224 g/mol. The molecule has 0 aromatic carbocycles. The van der Waals surface area contributed by atoms with E-state index in [-0.39, 0.29) is 10.1 Å². The van der Waals surface area contributed by atoms with Gasteiger partial charge in [-0.25, -0.2) is 4.79 Å². The van der Waals surface area contributed by atoms with Crippen LogP contribution in [0.1, 0.15) is 0 Å². The monoisotopic (exact) mass is 224 g/mol. The number of nitrogens with zero attached hydrogens (tertiary/aromatic N) is 2. The Bertz CT molecular complexity index is 588. The Morgan fingerprint density at radius 2 is 2.33 bits per heavy atom. The lowest BCUT2D eigenvalue weighted by Crippen LogP contribution is -2.29. The number of esters is 1. The van der Waals surface area contributed by atoms with Gasteiger partial charge in [-0.15, -0.1) is 11.3 Å². The topological polar surface area (TPSA) is 72.1 Å². The largest absolute Gasteiger partial charge is 0.466 e. The van der Waals surface area contributed by atoms with Crippen LogP contribution in [-0.4, -0.2) is 17.6 Å². The van der Waals surface area contributed by atoms with Gasteiger partial charge < -0.3 is 9.30 Å². The predicted molar refractivity (Wildman–Crippen MR) is 55.4 cm³/mol. The molecule has 0 saturated heterocycles. The van der Waals surface area contributed by atoms with E-state index >= 15 is 0 Å². The minimum atomic E-state index is -0.586. The van der Waals surface area contributed by atoms with Crippen molar-refractivity contribution in [3.8, 4) is 6.07 Å². The zero-order valence-corrected chi connectivity index (χ0v) is 9.00. The molecule has 0 bridgehead atoms. The van der Waals surface area contributed by atoms with Crippen molar-refractivity contribution in [1.82, 2.24) is 4.57 Å². The van der Waals surface area contributed by atoms with Crippen LogP contribution >= 0.6 is 11.3 Å². The Hall–Kier alpha value is -1.87. The molecule has 0 aliphatic carbocycles. The summed E-state index contributed by atoms with van der Waals surface area (Å²) in [6.45, 7) is 0. The fraction of sp³-hybridized carbons (Fsp3) is 0.222. The second-order valence-corrected chi connectivity index (χ2v) is 3.67. The third-order valence-corrected chi connectivity index (χ3v) is 2.81. The van der Waals surface area contributed by atoms with Crippen molar-refractivity contribution >= 4 is 29.5 Å². The van der Waals surface area contributed by atoms with Crippen molar-refractivity contribution < 1.29 is 9.53 Å². The number of carbonyl (C=O) groups is 1. The van der Waals surface area contributed by atoms with Crippen LogP contribution in [-0.2, 0) is 16.6 Å². The number of hydrogen-bond donors (Lipinski definition) is 0. The molecule has 1 aromatic rings. The Labute approximate surface area is 89.1 Å². The molecule has 0 N–H and O–H groups in total. The predicted octanol–water partition coefficient (Wildman–Crippen LogP) is -1.30. The van der Waals surface area contributed by atoms with Gasteiger partial charge in [0.15, 0.2) is 0 Å². The molecule has 15 heavy (non-hydrogen) atoms. The third-order valence-electron chi connectivity index (χ3n) is 1.70. The van der Waals surface area contributed by atoms with Gasteiger partial charge in [-0.05, 0) is 0 Å². The summed E-state index contributed by atoms with van der Waals surface area (Å²) in [4.78, 5) is 22.4. The number of carbonyl (C=O) groups excluding carboxylic acids is 1. The normalized spacial score (nSPS) is 12.6. The molecule has 1 aromatic heterocycles. The fourth-order valence-corrected chi connectivity index (χ4v) is 1.87. The van der Waals surface area contributed by atoms with Crippen molar-refractivity contribution in [3.05, 3.63) is 19.5 Å². The van der Waals surface area contributed by atoms with Gasteiger partial charge >= 0.3 is 5.97 Å². The van der Waals surface area contributed by atoms with Gasteiger partial charge in [0, 0.05) is 19.2 Å². The highest BCUT2D eigenvalue weighted by molar-refractivity contribution is 7.07. The molecular formula is C9H8N2O3S. The molecule has 0 atom stereocenters. The summed E-state index contributed by atoms with van der Waals surface area (Å²) >= 11 is 1.07. The van der Waals surface area contributed by atoms with Crippen LogP contribution in [0.5, 0.6) is 0 Å². The molecule has 6 heteroatoms. The van der Waals surface area contributed by atoms with Crippen LogP contribution in [0, 0.1) is 11.3 Å². The molecule has 78 valence electrons. The summed E-state index contributed by atoms with van der Waals surface area (Å²) in [5, 5.41) is 8.46. The van der Waals surface area contributed by atoms with E-state index in [1.54, 1.807) is 0 Å². The molecule has 0 aliphatic heterocycles. The first kappa shape index (κ1) is 11.2. The molecule has 0 fully saturated rings. The highest BCUT2D eigenvalue weighted by Gasteiger charge is 2.01. The van der Waals surface area contributed by atoms with Crippen LogP contribution in [0.25, 0.3) is 12.2 Å². The summed E-state index contributed by atoms with van der Waals surface area (Å²) in [5.74, 6) is -0.586. The average Bonchev–Trinajstić information content (AvgIpc) is 2.47. The molecule has 0 saturated carbocycles. The first-order chi connectivity index (χ1) is 7.10. The molecular weight excluding hydrogens is 216 g/mol. The van der Waals surface area contributed by atoms with Gasteiger partial charge in [-0.3, -0.25) is 4.79 Å². The molecule has 0 spiro atoms. The first-order valence-electron chi connectivity index (χ1n) is 3.95. The van der Waals surface area contributed by atoms with Gasteiger partial charge in [-0.2, -0.15) is 5.26 Å². The van der Waals surface area contributed by atoms with E-state index < -0.39 is 5.97 Å². The number of methoxy groups -OCH3 is 1. The molecule has 5 nitrogen and oxygen atoms in total. The quantitative estimate of drug-likeness (QED) is 0.556. The van der Waals surface area contributed by atoms with Crippen molar-refractivity contribution in [2.45, 2.75) is 0 Å². The van der Waals surface area contributed by atoms with Gasteiger partial charge in [0.25, 0.3) is 5.56 Å². The van der Waals surface area contributed by atoms with Crippen LogP contribution in [0.2, 0.25) is 0 Å². The SMILES string of the molecule is COC(=O)/C=c1/s/c(=C\C#N)n(C)c1=O. The minimum Gasteiger partial charge on any atom is -0.466 e. The Morgan fingerprint density at radius 3 is 2.87 bits per heavy atom. The maximum atomic E-state index is 11.5. The fourth-order valence-electron chi connectivity index (χ4n) is 0.929. The van der Waals surface area contributed by atoms with Gasteiger partial charge in [-0.1, -0.05) is 0 Å². The lowest BCUT2D eigenvalue weighted by Gasteiger charge is -1.85. The second kappa shape index (κ2) is 4.57. The van der Waals surface area contributed by atoms with Crippen LogP contribution in [0.3, 0.4) is 0 Å². The van der Waals surface area contributed by atoms with Gasteiger partial charge in [0.2, 0.25) is 0 Å². The second-order valence-electron chi connectivity index (χ2n) is 2.61. The number of nitriles is 1. The van der Waals surface area contributed by atoms with E-state index in [9.17, 15) is 9.59 Å². The van der Waals surface area contributed by atoms with Crippen LogP contribution in [0.4, 0.5) is 0 Å². The number of rotatable bonds is 1. The maximum Gasteiger partial charge on any atom is 0.332 e. The zero-order chi connectivity index (χ0) is 11.4. The standard InChI is InChI=1S/C9H8N2O3S/c1-11-7(3-4-10)15-6(9(11)13)5-8(12)14-2/h3,5H,1-2H3/b6-5+,7-3-. The maximum absolute atomic E-state index is 11.5. The van der Waals surface area contributed by atoms with E-state index in [1.165, 1.54) is 24.8 Å². The van der Waals surface area contributed by atoms with Crippen molar-refractivity contribution in [1.29, 1.82) is 5.26 Å². The number of thiazole rings is 1. The summed E-state index contributed by atoms with van der Waals surface area (Å²) in [7, 11) is 2.77. The minimum absolute atomic E-state index is 0.255. The lowest BCUT2D eigenvalue weighted by molar-refractivity contribution is -0.133. The van der Waals surface area contributed by atoms with Crippen molar-refractivity contribution in [2.75, 3.05) is 7.11 Å². The van der Waals surface area contributed by atoms with Crippen molar-refractivity contribution in [2.24, 2.45) is 7.05 Å². The van der Waals surface area contributed by atoms with E-state index in [2.05, 4.69) is 4.74 Å². The van der Waals surface area contributed by atoms with Gasteiger partial charge in [0.05, 0.1) is 13.2 Å². The molecule has 0 radical (unpaired) electrons. The van der Waals surface area contributed by atoms with Crippen LogP contribution < -0.4 is 14.8 Å². The summed E-state index contributed by atoms with van der Waals surface area (Å²) < 4.78 is 6.47. The van der Waals surface area contributed by atoms with E-state index in [0.29, 0.717) is 4.66 Å². The van der Waals surface area contributed by atoms with Crippen molar-refractivity contribution in [3.63, 3.8) is 0 Å². The first-order valence-corrected chi connectivity index (χ1v) is 4.77. The van der Waals surface area contributed by atoms with E-state index in [4.69, 9.17) is 5.26 Å². The number of aromatic nitrogens is 1. The zero-order valence-electron chi connectivity index (χ0n) is 8.18. The van der Waals surface area contributed by atoms with E-state index in [1.807, 2.05) is 6.07 Å². The summed E-state index contributed by atoms with van der Waals surface area (Å²) in [5.41, 5.74) is -0.313. The molecule has 0 amide bonds. The Balaban J connectivity index is 3.50. The molecule has 0 unspecified atom stereocenters. The molecule has 1 heterocycles. The highest BCUT2D eigenvalue weighted by Crippen LogP contribution is 1.77. The number of hydrogen-bond acceptors (Lipinski definition) is 5. The Morgan fingerprint density at radius 1 is 1.67 bits per heavy atom. The number of ether oxygens (including phenoxy) is 1. The lowest BCUT2D eigenvalue weighted by atomic mass is 10.5. The van der Waals surface area contributed by atoms with E-state index in [0.717, 1.165) is 17.4 Å². The summed E-state index contributed by atoms with van der Waals surface area (Å²) in [6, 6.07) is 1.83. The van der Waals surface area contributed by atoms with Crippen LogP contribution in [0.15, 0.2) is 4.79 Å².